The van der Waals surface area contributed by atoms with Gasteiger partial charge in [0, 0.05) is 25.1 Å². The molecule has 0 bridgehead atoms. The van der Waals surface area contributed by atoms with Gasteiger partial charge in [-0.25, -0.2) is 9.18 Å². The van der Waals surface area contributed by atoms with Gasteiger partial charge >= 0.3 is 11.7 Å². The molecule has 6 rings (SSSR count). The number of piperidine rings is 1. The van der Waals surface area contributed by atoms with Crippen LogP contribution in [0.3, 0.4) is 0 Å². The van der Waals surface area contributed by atoms with Crippen LogP contribution in [0.15, 0.2) is 79.3 Å². The van der Waals surface area contributed by atoms with Crippen LogP contribution in [0, 0.1) is 12.7 Å². The van der Waals surface area contributed by atoms with Crippen LogP contribution in [0.1, 0.15) is 65.4 Å². The van der Waals surface area contributed by atoms with Crippen molar-refractivity contribution in [1.82, 2.24) is 19.4 Å². The average molecular weight is 710 g/mol. The van der Waals surface area contributed by atoms with Gasteiger partial charge in [-0.05, 0) is 78.0 Å². The number of halogens is 2. The van der Waals surface area contributed by atoms with Crippen molar-refractivity contribution in [2.24, 2.45) is 0 Å². The molecule has 10 nitrogen and oxygen atoms in total. The molecule has 1 spiro atoms. The lowest BCUT2D eigenvalue weighted by molar-refractivity contribution is -0.137. The van der Waals surface area contributed by atoms with E-state index in [2.05, 4.69) is 26.1 Å². The first kappa shape index (κ1) is 33.1. The quantitative estimate of drug-likeness (QED) is 0.196. The summed E-state index contributed by atoms with van der Waals surface area (Å²) in [5.74, 6) is -0.477. The summed E-state index contributed by atoms with van der Waals surface area (Å²) in [6.07, 6.45) is 1.47. The second-order valence-electron chi connectivity index (χ2n) is 12.3. The lowest BCUT2D eigenvalue weighted by Gasteiger charge is -2.38. The van der Waals surface area contributed by atoms with Crippen LogP contribution >= 0.6 is 15.9 Å². The molecule has 12 heteroatoms. The Morgan fingerprint density at radius 3 is 2.49 bits per heavy atom. The van der Waals surface area contributed by atoms with E-state index >= 15 is 4.39 Å². The highest BCUT2D eigenvalue weighted by atomic mass is 79.9. The molecule has 1 atom stereocenters. The number of rotatable bonds is 12. The molecular formula is C35H38BrFN4O6. The van der Waals surface area contributed by atoms with Crippen molar-refractivity contribution in [2.45, 2.75) is 70.5 Å². The zero-order valence-corrected chi connectivity index (χ0v) is 27.8. The fourth-order valence-corrected chi connectivity index (χ4v) is 7.11. The summed E-state index contributed by atoms with van der Waals surface area (Å²) < 4.78 is 30.8. The molecule has 4 heterocycles. The Balaban J connectivity index is 1.39. The number of furan rings is 1. The summed E-state index contributed by atoms with van der Waals surface area (Å²) in [4.78, 5) is 42.2. The lowest BCUT2D eigenvalue weighted by atomic mass is 9.85. The molecule has 0 radical (unpaired) electrons. The van der Waals surface area contributed by atoms with E-state index in [1.54, 1.807) is 19.1 Å². The number of benzene rings is 2. The zero-order chi connectivity index (χ0) is 33.1. The van der Waals surface area contributed by atoms with Crippen LogP contribution in [0.25, 0.3) is 0 Å². The van der Waals surface area contributed by atoms with Crippen LogP contribution in [-0.4, -0.2) is 44.7 Å². The molecule has 0 unspecified atom stereocenters. The number of aliphatic carboxylic acids is 1. The van der Waals surface area contributed by atoms with Gasteiger partial charge in [0.25, 0.3) is 5.56 Å². The molecule has 1 saturated heterocycles. The number of aromatic nitrogens is 2. The minimum atomic E-state index is -0.891. The number of carboxylic acids is 1. The van der Waals surface area contributed by atoms with Crippen LogP contribution in [0.5, 0.6) is 0 Å². The summed E-state index contributed by atoms with van der Waals surface area (Å²) >= 11 is 3.36. The molecule has 2 aromatic carbocycles. The number of carbonyl (C=O) groups is 1. The zero-order valence-electron chi connectivity index (χ0n) is 26.2. The number of hydrogen-bond donors (Lipinski definition) is 2. The van der Waals surface area contributed by atoms with Crippen molar-refractivity contribution in [3.05, 3.63) is 126 Å². The number of ether oxygens (including phenoxy) is 1. The first-order valence-corrected chi connectivity index (χ1v) is 16.7. The van der Waals surface area contributed by atoms with Gasteiger partial charge < -0.3 is 19.6 Å². The van der Waals surface area contributed by atoms with E-state index in [0.717, 1.165) is 11.3 Å². The van der Waals surface area contributed by atoms with Crippen LogP contribution in [-0.2, 0) is 41.4 Å². The van der Waals surface area contributed by atoms with Gasteiger partial charge in [0.2, 0.25) is 0 Å². The molecule has 0 saturated carbocycles. The molecule has 0 amide bonds. The minimum absolute atomic E-state index is 0.00380. The van der Waals surface area contributed by atoms with Crippen molar-refractivity contribution in [2.75, 3.05) is 19.6 Å². The number of aryl methyl sites for hydroxylation is 1. The number of nitrogens with one attached hydrogen (secondary N) is 1. The van der Waals surface area contributed by atoms with Crippen molar-refractivity contribution in [3.63, 3.8) is 0 Å². The minimum Gasteiger partial charge on any atom is -0.481 e. The summed E-state index contributed by atoms with van der Waals surface area (Å²) in [6, 6.07) is 17.6. The van der Waals surface area contributed by atoms with Crippen LogP contribution in [0.2, 0.25) is 0 Å². The second-order valence-corrected chi connectivity index (χ2v) is 13.1. The first-order valence-electron chi connectivity index (χ1n) is 15.9. The molecular weight excluding hydrogens is 671 g/mol. The van der Waals surface area contributed by atoms with Crippen molar-refractivity contribution in [1.29, 1.82) is 0 Å². The Morgan fingerprint density at radius 1 is 1.04 bits per heavy atom. The Kier molecular flexibility index (Phi) is 9.93. The molecule has 0 aliphatic carbocycles. The maximum atomic E-state index is 15.1. The van der Waals surface area contributed by atoms with Crippen molar-refractivity contribution < 1.29 is 23.4 Å². The van der Waals surface area contributed by atoms with Gasteiger partial charge in [0.05, 0.1) is 43.5 Å². The van der Waals surface area contributed by atoms with E-state index in [1.165, 1.54) is 15.2 Å². The molecule has 248 valence electrons. The number of carboxylic acid groups (broad SMARTS) is 1. The van der Waals surface area contributed by atoms with E-state index in [9.17, 15) is 14.4 Å². The highest BCUT2D eigenvalue weighted by Crippen LogP contribution is 2.42. The number of hydrogen-bond acceptors (Lipinski definition) is 7. The van der Waals surface area contributed by atoms with Crippen molar-refractivity contribution >= 4 is 21.9 Å². The lowest BCUT2D eigenvalue weighted by Crippen LogP contribution is -2.50. The predicted octanol–water partition coefficient (Wildman–Crippen LogP) is 5.08. The Morgan fingerprint density at radius 2 is 1.81 bits per heavy atom. The third-order valence-corrected chi connectivity index (χ3v) is 9.77. The summed E-state index contributed by atoms with van der Waals surface area (Å²) in [6.45, 7) is 4.16. The van der Waals surface area contributed by atoms with Crippen LogP contribution < -0.4 is 16.6 Å². The average Bonchev–Trinajstić information content (AvgIpc) is 3.64. The predicted molar refractivity (Wildman–Crippen MR) is 177 cm³/mol. The van der Waals surface area contributed by atoms with E-state index < -0.39 is 34.7 Å². The first-order chi connectivity index (χ1) is 22.6. The summed E-state index contributed by atoms with van der Waals surface area (Å²) in [5, 5.41) is 12.5. The largest absolute Gasteiger partial charge is 0.481 e. The number of fused-ring (bicyclic) bond motifs is 2. The van der Waals surface area contributed by atoms with Gasteiger partial charge in [0.15, 0.2) is 4.67 Å². The van der Waals surface area contributed by atoms with Gasteiger partial charge in [0.1, 0.15) is 17.2 Å². The smallest absolute Gasteiger partial charge is 0.331 e. The molecule has 2 aliphatic heterocycles. The Hall–Kier alpha value is -3.84. The van der Waals surface area contributed by atoms with E-state index in [4.69, 9.17) is 14.3 Å². The topological polar surface area (TPSA) is 119 Å². The van der Waals surface area contributed by atoms with E-state index in [0.29, 0.717) is 72.5 Å². The van der Waals surface area contributed by atoms with E-state index in [1.807, 2.05) is 42.5 Å². The Bertz CT molecular complexity index is 1840. The molecule has 47 heavy (non-hydrogen) atoms. The highest BCUT2D eigenvalue weighted by molar-refractivity contribution is 9.10. The van der Waals surface area contributed by atoms with E-state index in [-0.39, 0.29) is 26.1 Å². The fraction of sp³-hybridized carbons (Fsp3) is 0.400. The SMILES string of the molecule is Cc1cccc(F)c1Cn1c2c(c(=O)n(C[C@H](NCCCC(=O)O)c3ccccc3)c1=O)C1(CCN(Cc3ccc(Br)o3)CC1)OC2. The molecule has 2 aromatic heterocycles. The maximum absolute atomic E-state index is 15.1. The van der Waals surface area contributed by atoms with Gasteiger partial charge in [-0.1, -0.05) is 42.5 Å². The van der Waals surface area contributed by atoms with Gasteiger partial charge in [-0.2, -0.15) is 0 Å². The normalized spacial score (nSPS) is 16.4. The number of likely N-dealkylation sites (tertiary alicyclic amines) is 1. The molecule has 2 N–H and O–H groups in total. The molecule has 2 aliphatic rings. The van der Waals surface area contributed by atoms with Crippen LogP contribution in [0.4, 0.5) is 4.39 Å². The number of nitrogens with zero attached hydrogens (tertiary/aromatic N) is 3. The molecule has 1 fully saturated rings. The Labute approximate surface area is 279 Å². The van der Waals surface area contributed by atoms with Gasteiger partial charge in [-0.3, -0.25) is 23.6 Å². The highest BCUT2D eigenvalue weighted by Gasteiger charge is 2.47. The molecule has 4 aromatic rings. The standard InChI is InChI=1S/C35H38BrFN4O6/c1-23-7-5-10-27(37)26(23)20-40-29-22-46-35(14-17-39(18-15-35)19-25-12-13-30(36)47-25)32(29)33(44)41(34(40)45)21-28(24-8-3-2-4-9-24)38-16-6-11-31(42)43/h2-5,7-10,12-13,28,38H,6,11,14-22H2,1H3,(H,42,43)/t28-/m0/s1. The van der Waals surface area contributed by atoms with Crippen molar-refractivity contribution in [3.8, 4) is 0 Å². The summed E-state index contributed by atoms with van der Waals surface area (Å²) in [7, 11) is 0. The monoisotopic (exact) mass is 708 g/mol. The van der Waals surface area contributed by atoms with Gasteiger partial charge in [-0.15, -0.1) is 0 Å². The maximum Gasteiger partial charge on any atom is 0.331 e. The third-order valence-electron chi connectivity index (χ3n) is 9.34. The second kappa shape index (κ2) is 14.1. The fourth-order valence-electron chi connectivity index (χ4n) is 6.77. The third kappa shape index (κ3) is 7.06. The summed E-state index contributed by atoms with van der Waals surface area (Å²) in [5.41, 5.74) is 1.08.